The zero-order chi connectivity index (χ0) is 15.4. The number of unbranched alkanes of at least 4 members (excludes halogenated alkanes) is 6. The highest BCUT2D eigenvalue weighted by Gasteiger charge is 1.87. The van der Waals surface area contributed by atoms with Crippen molar-refractivity contribution in [2.75, 3.05) is 0 Å². The molecule has 0 aromatic rings. The zero-order valence-corrected chi connectivity index (χ0v) is 14.4. The molecule has 0 amide bonds. The van der Waals surface area contributed by atoms with Crippen molar-refractivity contribution in [3.63, 3.8) is 0 Å². The molecule has 0 atom stereocenters. The molecule has 0 N–H and O–H groups in total. The molecule has 0 aliphatic carbocycles. The van der Waals surface area contributed by atoms with E-state index in [1.165, 1.54) is 44.9 Å². The zero-order valence-electron chi connectivity index (χ0n) is 14.4. The fourth-order valence-electron chi connectivity index (χ4n) is 2.14. The summed E-state index contributed by atoms with van der Waals surface area (Å²) in [6, 6.07) is 0. The van der Waals surface area contributed by atoms with Gasteiger partial charge in [-0.25, -0.2) is 0 Å². The van der Waals surface area contributed by atoms with Crippen molar-refractivity contribution in [3.8, 4) is 0 Å². The van der Waals surface area contributed by atoms with Crippen molar-refractivity contribution in [3.05, 3.63) is 48.6 Å². The van der Waals surface area contributed by atoms with E-state index < -0.39 is 0 Å². The van der Waals surface area contributed by atoms with Crippen molar-refractivity contribution in [2.24, 2.45) is 0 Å². The lowest BCUT2D eigenvalue weighted by Gasteiger charge is -1.97. The molecule has 0 aromatic carbocycles. The van der Waals surface area contributed by atoms with Gasteiger partial charge in [-0.05, 0) is 38.5 Å². The Morgan fingerprint density at radius 1 is 0.476 bits per heavy atom. The third kappa shape index (κ3) is 19.0. The molecule has 0 spiro atoms. The second kappa shape index (κ2) is 19.0. The molecule has 0 unspecified atom stereocenters. The van der Waals surface area contributed by atoms with Crippen LogP contribution < -0.4 is 0 Å². The third-order valence-corrected chi connectivity index (χ3v) is 3.44. The van der Waals surface area contributed by atoms with Gasteiger partial charge in [-0.1, -0.05) is 94.6 Å². The fraction of sp³-hybridized carbons (Fsp3) is 0.619. The van der Waals surface area contributed by atoms with E-state index in [-0.39, 0.29) is 0 Å². The molecule has 0 saturated heterocycles. The van der Waals surface area contributed by atoms with E-state index in [4.69, 9.17) is 0 Å². The van der Waals surface area contributed by atoms with Crippen LogP contribution in [0.1, 0.15) is 84.5 Å². The Kier molecular flexibility index (Phi) is 18.0. The number of hydrogen-bond donors (Lipinski definition) is 0. The van der Waals surface area contributed by atoms with Crippen LogP contribution in [-0.2, 0) is 0 Å². The Morgan fingerprint density at radius 2 is 0.952 bits per heavy atom. The smallest absolute Gasteiger partial charge is 0.0169 e. The fourth-order valence-corrected chi connectivity index (χ4v) is 2.14. The van der Waals surface area contributed by atoms with Crippen LogP contribution in [0.4, 0.5) is 0 Å². The minimum Gasteiger partial charge on any atom is -0.0885 e. The van der Waals surface area contributed by atoms with E-state index in [2.05, 4.69) is 62.5 Å². The molecule has 0 bridgehead atoms. The summed E-state index contributed by atoms with van der Waals surface area (Å²) >= 11 is 0. The molecule has 0 heteroatoms. The maximum Gasteiger partial charge on any atom is -0.0169 e. The van der Waals surface area contributed by atoms with Gasteiger partial charge < -0.3 is 0 Å². The van der Waals surface area contributed by atoms with Crippen LogP contribution in [-0.4, -0.2) is 0 Å². The van der Waals surface area contributed by atoms with Gasteiger partial charge in [0, 0.05) is 0 Å². The normalized spacial score (nSPS) is 12.7. The van der Waals surface area contributed by atoms with Crippen molar-refractivity contribution in [1.82, 2.24) is 0 Å². The Morgan fingerprint density at radius 3 is 1.52 bits per heavy atom. The SMILES string of the molecule is CC/C=C/C/C=C/C/C=C/C/C=C/CCCCCCCC. The minimum atomic E-state index is 1.06. The van der Waals surface area contributed by atoms with Crippen LogP contribution in [0.2, 0.25) is 0 Å². The highest BCUT2D eigenvalue weighted by atomic mass is 13.9. The van der Waals surface area contributed by atoms with Gasteiger partial charge in [-0.15, -0.1) is 0 Å². The molecule has 0 saturated carbocycles. The van der Waals surface area contributed by atoms with E-state index in [1.54, 1.807) is 0 Å². The first-order chi connectivity index (χ1) is 10.4. The van der Waals surface area contributed by atoms with Crippen LogP contribution in [0, 0.1) is 0 Å². The number of hydrogen-bond acceptors (Lipinski definition) is 0. The maximum absolute atomic E-state index is 2.34. The van der Waals surface area contributed by atoms with Gasteiger partial charge >= 0.3 is 0 Å². The lowest BCUT2D eigenvalue weighted by atomic mass is 10.1. The average Bonchev–Trinajstić information content (AvgIpc) is 2.50. The molecule has 0 aliphatic rings. The number of allylic oxidation sites excluding steroid dienone is 8. The summed E-state index contributed by atoms with van der Waals surface area (Å²) in [6.45, 7) is 4.44. The first kappa shape index (κ1) is 20.0. The molecule has 120 valence electrons. The second-order valence-electron chi connectivity index (χ2n) is 5.56. The van der Waals surface area contributed by atoms with E-state index >= 15 is 0 Å². The summed E-state index contributed by atoms with van der Waals surface area (Å²) in [5.41, 5.74) is 0. The summed E-state index contributed by atoms with van der Waals surface area (Å²) in [4.78, 5) is 0. The Balaban J connectivity index is 3.30. The summed E-state index contributed by atoms with van der Waals surface area (Å²) in [6.07, 6.45) is 32.1. The number of rotatable bonds is 14. The first-order valence-corrected chi connectivity index (χ1v) is 9.01. The van der Waals surface area contributed by atoms with Gasteiger partial charge in [-0.2, -0.15) is 0 Å². The van der Waals surface area contributed by atoms with Crippen molar-refractivity contribution < 1.29 is 0 Å². The molecule has 0 aromatic heterocycles. The van der Waals surface area contributed by atoms with Gasteiger partial charge in [0.15, 0.2) is 0 Å². The van der Waals surface area contributed by atoms with Crippen LogP contribution in [0.25, 0.3) is 0 Å². The monoisotopic (exact) mass is 288 g/mol. The molecule has 0 fully saturated rings. The predicted octanol–water partition coefficient (Wildman–Crippen LogP) is 7.54. The molecule has 0 nitrogen and oxygen atoms in total. The Bertz CT molecular complexity index is 291. The first-order valence-electron chi connectivity index (χ1n) is 9.01. The molecular weight excluding hydrogens is 252 g/mol. The van der Waals surface area contributed by atoms with Crippen LogP contribution in [0.5, 0.6) is 0 Å². The largest absolute Gasteiger partial charge is 0.0885 e. The lowest BCUT2D eigenvalue weighted by Crippen LogP contribution is -1.77. The topological polar surface area (TPSA) is 0 Å². The van der Waals surface area contributed by atoms with Gasteiger partial charge in [0.1, 0.15) is 0 Å². The van der Waals surface area contributed by atoms with Crippen molar-refractivity contribution >= 4 is 0 Å². The van der Waals surface area contributed by atoms with Gasteiger partial charge in [0.25, 0.3) is 0 Å². The van der Waals surface area contributed by atoms with Gasteiger partial charge in [0.05, 0.1) is 0 Å². The second-order valence-corrected chi connectivity index (χ2v) is 5.56. The van der Waals surface area contributed by atoms with Gasteiger partial charge in [-0.3, -0.25) is 0 Å². The Hall–Kier alpha value is -1.04. The highest BCUT2D eigenvalue weighted by Crippen LogP contribution is 2.07. The van der Waals surface area contributed by atoms with Crippen LogP contribution in [0.3, 0.4) is 0 Å². The average molecular weight is 289 g/mol. The highest BCUT2D eigenvalue weighted by molar-refractivity contribution is 4.99. The summed E-state index contributed by atoms with van der Waals surface area (Å²) in [5.74, 6) is 0. The maximum atomic E-state index is 2.34. The van der Waals surface area contributed by atoms with E-state index in [1.807, 2.05) is 0 Å². The molecular formula is C21H36. The quantitative estimate of drug-likeness (QED) is 0.229. The van der Waals surface area contributed by atoms with Crippen LogP contribution >= 0.6 is 0 Å². The molecule has 0 rings (SSSR count). The summed E-state index contributed by atoms with van der Waals surface area (Å²) in [7, 11) is 0. The lowest BCUT2D eigenvalue weighted by molar-refractivity contribution is 0.611. The minimum absolute atomic E-state index is 1.06. The van der Waals surface area contributed by atoms with Gasteiger partial charge in [0.2, 0.25) is 0 Å². The Labute approximate surface area is 133 Å². The summed E-state index contributed by atoms with van der Waals surface area (Å²) in [5, 5.41) is 0. The molecule has 0 aliphatic heterocycles. The molecule has 0 heterocycles. The molecule has 0 radical (unpaired) electrons. The third-order valence-electron chi connectivity index (χ3n) is 3.44. The van der Waals surface area contributed by atoms with Crippen molar-refractivity contribution in [2.45, 2.75) is 84.5 Å². The van der Waals surface area contributed by atoms with Crippen LogP contribution in [0.15, 0.2) is 48.6 Å². The van der Waals surface area contributed by atoms with E-state index in [0.29, 0.717) is 0 Å². The van der Waals surface area contributed by atoms with E-state index in [9.17, 15) is 0 Å². The summed E-state index contributed by atoms with van der Waals surface area (Å²) < 4.78 is 0. The molecule has 21 heavy (non-hydrogen) atoms. The standard InChI is InChI=1S/C21H36/c1-3-5-7-9-11-13-15-17-19-21-20-18-16-14-12-10-8-6-4-2/h5,7,11,13,17-20H,3-4,6,8-10,12,14-16,21H2,1-2H3/b7-5+,13-11+,19-17+,20-18+. The predicted molar refractivity (Wildman–Crippen MR) is 98.7 cm³/mol. The van der Waals surface area contributed by atoms with E-state index in [0.717, 1.165) is 25.7 Å². The van der Waals surface area contributed by atoms with Crippen molar-refractivity contribution in [1.29, 1.82) is 0 Å².